The Hall–Kier alpha value is -2.55. The Bertz CT molecular complexity index is 658. The van der Waals surface area contributed by atoms with Crippen LogP contribution in [0.15, 0.2) is 65.7 Å². The highest BCUT2D eigenvalue weighted by Gasteiger charge is 2.24. The predicted molar refractivity (Wildman–Crippen MR) is 76.5 cm³/mol. The average Bonchev–Trinajstić information content (AvgIpc) is 2.88. The van der Waals surface area contributed by atoms with E-state index in [2.05, 4.69) is 19.1 Å². The van der Waals surface area contributed by atoms with Gasteiger partial charge in [0.15, 0.2) is 17.3 Å². The normalized spacial score (nSPS) is 19.4. The van der Waals surface area contributed by atoms with E-state index in [1.807, 2.05) is 24.3 Å². The van der Waals surface area contributed by atoms with Crippen LogP contribution in [0, 0.1) is 6.92 Å². The van der Waals surface area contributed by atoms with E-state index in [-0.39, 0.29) is 12.6 Å². The van der Waals surface area contributed by atoms with Gasteiger partial charge >= 0.3 is 0 Å². The number of fused-ring (bicyclic) bond motifs is 1. The molecular formula is C17H14O3. The minimum atomic E-state index is -0.0668. The number of hydrogen-bond donors (Lipinski definition) is 0. The van der Waals surface area contributed by atoms with Crippen LogP contribution < -0.4 is 0 Å². The lowest BCUT2D eigenvalue weighted by Gasteiger charge is -2.05. The molecule has 1 saturated heterocycles. The van der Waals surface area contributed by atoms with Gasteiger partial charge in [0.05, 0.1) is 0 Å². The molecule has 1 aromatic carbocycles. The second-order valence-electron chi connectivity index (χ2n) is 4.68. The summed E-state index contributed by atoms with van der Waals surface area (Å²) in [5.41, 5.74) is 2.92. The fraction of sp³-hybridized carbons (Fsp3) is 0.118. The van der Waals surface area contributed by atoms with Crippen LogP contribution in [0.4, 0.5) is 0 Å². The molecular weight excluding hydrogens is 252 g/mol. The minimum absolute atomic E-state index is 0.0668. The fourth-order valence-corrected chi connectivity index (χ4v) is 2.01. The van der Waals surface area contributed by atoms with Gasteiger partial charge in [-0.05, 0) is 18.6 Å². The number of aryl methyl sites for hydroxylation is 1. The molecule has 100 valence electrons. The lowest BCUT2D eigenvalue weighted by Crippen LogP contribution is -2.04. The van der Waals surface area contributed by atoms with Crippen molar-refractivity contribution in [2.45, 2.75) is 6.92 Å². The zero-order chi connectivity index (χ0) is 13.9. The Kier molecular flexibility index (Phi) is 3.25. The third kappa shape index (κ3) is 2.57. The molecule has 0 aromatic heterocycles. The molecule has 0 radical (unpaired) electrons. The molecule has 1 aromatic rings. The summed E-state index contributed by atoms with van der Waals surface area (Å²) in [6, 6.07) is 8.19. The molecule has 2 aliphatic rings. The van der Waals surface area contributed by atoms with Gasteiger partial charge in [0.25, 0.3) is 0 Å². The smallest absolute Gasteiger partial charge is 0.231 e. The number of carbonyl (C=O) groups is 1. The highest BCUT2D eigenvalue weighted by molar-refractivity contribution is 6.08. The van der Waals surface area contributed by atoms with Gasteiger partial charge in [0.2, 0.25) is 6.79 Å². The maximum atomic E-state index is 11.9. The van der Waals surface area contributed by atoms with E-state index >= 15 is 0 Å². The number of benzene rings is 1. The van der Waals surface area contributed by atoms with Crippen LogP contribution in [0.25, 0.3) is 6.08 Å². The summed E-state index contributed by atoms with van der Waals surface area (Å²) in [5.74, 6) is 1.08. The van der Waals surface area contributed by atoms with Crippen LogP contribution in [0.1, 0.15) is 11.1 Å². The SMILES string of the molecule is Cc1ccc(/C=C/C=C2\C=C3OCOC3=CC2=O)cc1. The standard InChI is InChI=1S/C17H14O3/c1-12-5-7-13(8-6-12)3-2-4-14-9-16-17(10-15(14)18)20-11-19-16/h2-10H,11H2,1H3/b3-2+,14-4+. The maximum Gasteiger partial charge on any atom is 0.231 e. The van der Waals surface area contributed by atoms with Crippen LogP contribution in [0.2, 0.25) is 0 Å². The first-order valence-electron chi connectivity index (χ1n) is 6.41. The van der Waals surface area contributed by atoms with E-state index in [0.29, 0.717) is 17.1 Å². The first-order chi connectivity index (χ1) is 9.72. The second kappa shape index (κ2) is 5.21. The number of allylic oxidation sites excluding steroid dienone is 5. The summed E-state index contributed by atoms with van der Waals surface area (Å²) in [5, 5.41) is 0. The molecule has 0 N–H and O–H groups in total. The highest BCUT2D eigenvalue weighted by Crippen LogP contribution is 2.27. The molecule has 0 saturated carbocycles. The molecule has 0 atom stereocenters. The number of ketones is 1. The fourth-order valence-electron chi connectivity index (χ4n) is 2.01. The van der Waals surface area contributed by atoms with E-state index in [1.165, 1.54) is 11.6 Å². The van der Waals surface area contributed by atoms with E-state index in [1.54, 1.807) is 12.2 Å². The number of ether oxygens (including phenoxy) is 2. The summed E-state index contributed by atoms with van der Waals surface area (Å²) in [6.45, 7) is 2.23. The summed E-state index contributed by atoms with van der Waals surface area (Å²) in [4.78, 5) is 11.9. The van der Waals surface area contributed by atoms with Gasteiger partial charge in [-0.25, -0.2) is 0 Å². The predicted octanol–water partition coefficient (Wildman–Crippen LogP) is 3.29. The monoisotopic (exact) mass is 266 g/mol. The Labute approximate surface area is 117 Å². The third-order valence-corrected chi connectivity index (χ3v) is 3.15. The van der Waals surface area contributed by atoms with Crippen LogP contribution in [0.5, 0.6) is 0 Å². The molecule has 3 heteroatoms. The number of hydrogen-bond acceptors (Lipinski definition) is 3. The molecule has 0 amide bonds. The first-order valence-corrected chi connectivity index (χ1v) is 6.41. The van der Waals surface area contributed by atoms with Crippen LogP contribution >= 0.6 is 0 Å². The van der Waals surface area contributed by atoms with Crippen molar-refractivity contribution >= 4 is 11.9 Å². The summed E-state index contributed by atoms with van der Waals surface area (Å²) in [6.07, 6.45) is 8.79. The van der Waals surface area contributed by atoms with E-state index in [4.69, 9.17) is 9.47 Å². The van der Waals surface area contributed by atoms with Crippen LogP contribution in [-0.4, -0.2) is 12.6 Å². The lowest BCUT2D eigenvalue weighted by atomic mass is 10.0. The van der Waals surface area contributed by atoms with Crippen molar-refractivity contribution in [3.63, 3.8) is 0 Å². The maximum absolute atomic E-state index is 11.9. The van der Waals surface area contributed by atoms with Gasteiger partial charge in [-0.3, -0.25) is 4.79 Å². The average molecular weight is 266 g/mol. The van der Waals surface area contributed by atoms with Gasteiger partial charge in [-0.15, -0.1) is 0 Å². The molecule has 0 unspecified atom stereocenters. The lowest BCUT2D eigenvalue weighted by molar-refractivity contribution is -0.111. The molecule has 1 heterocycles. The van der Waals surface area contributed by atoms with Crippen molar-refractivity contribution < 1.29 is 14.3 Å². The van der Waals surface area contributed by atoms with Crippen molar-refractivity contribution in [2.24, 2.45) is 0 Å². The third-order valence-electron chi connectivity index (χ3n) is 3.15. The van der Waals surface area contributed by atoms with Crippen molar-refractivity contribution in [2.75, 3.05) is 6.79 Å². The minimum Gasteiger partial charge on any atom is -0.454 e. The molecule has 1 aliphatic carbocycles. The Morgan fingerprint density at radius 1 is 1.05 bits per heavy atom. The van der Waals surface area contributed by atoms with E-state index in [0.717, 1.165) is 5.56 Å². The molecule has 1 fully saturated rings. The van der Waals surface area contributed by atoms with Crippen LogP contribution in [0.3, 0.4) is 0 Å². The molecule has 20 heavy (non-hydrogen) atoms. The molecule has 3 nitrogen and oxygen atoms in total. The van der Waals surface area contributed by atoms with Gasteiger partial charge in [0, 0.05) is 11.6 Å². The largest absolute Gasteiger partial charge is 0.454 e. The number of carbonyl (C=O) groups excluding carboxylic acids is 1. The molecule has 3 rings (SSSR count). The van der Waals surface area contributed by atoms with E-state index < -0.39 is 0 Å². The molecule has 0 bridgehead atoms. The van der Waals surface area contributed by atoms with Gasteiger partial charge < -0.3 is 9.47 Å². The quantitative estimate of drug-likeness (QED) is 0.770. The van der Waals surface area contributed by atoms with Gasteiger partial charge in [-0.2, -0.15) is 0 Å². The Morgan fingerprint density at radius 3 is 2.50 bits per heavy atom. The molecule has 1 aliphatic heterocycles. The number of rotatable bonds is 2. The highest BCUT2D eigenvalue weighted by atomic mass is 16.7. The van der Waals surface area contributed by atoms with E-state index in [9.17, 15) is 4.79 Å². The van der Waals surface area contributed by atoms with Crippen molar-refractivity contribution in [3.05, 3.63) is 76.8 Å². The Morgan fingerprint density at radius 2 is 1.75 bits per heavy atom. The van der Waals surface area contributed by atoms with Crippen molar-refractivity contribution in [3.8, 4) is 0 Å². The first kappa shape index (κ1) is 12.5. The van der Waals surface area contributed by atoms with Gasteiger partial charge in [-0.1, -0.05) is 48.1 Å². The van der Waals surface area contributed by atoms with Crippen molar-refractivity contribution in [1.82, 2.24) is 0 Å². The zero-order valence-corrected chi connectivity index (χ0v) is 11.1. The topological polar surface area (TPSA) is 35.5 Å². The Balaban J connectivity index is 1.78. The van der Waals surface area contributed by atoms with Crippen LogP contribution in [-0.2, 0) is 14.3 Å². The van der Waals surface area contributed by atoms with Crippen molar-refractivity contribution in [1.29, 1.82) is 0 Å². The van der Waals surface area contributed by atoms with Gasteiger partial charge in [0.1, 0.15) is 0 Å². The summed E-state index contributed by atoms with van der Waals surface area (Å²) in [7, 11) is 0. The molecule has 0 spiro atoms. The second-order valence-corrected chi connectivity index (χ2v) is 4.68. The summed E-state index contributed by atoms with van der Waals surface area (Å²) >= 11 is 0. The summed E-state index contributed by atoms with van der Waals surface area (Å²) < 4.78 is 10.4. The zero-order valence-electron chi connectivity index (χ0n) is 11.1.